The molecule has 1 aliphatic carbocycles. The Morgan fingerprint density at radius 1 is 1.20 bits per heavy atom. The third kappa shape index (κ3) is 2.70. The van der Waals surface area contributed by atoms with Crippen LogP contribution in [0.25, 0.3) is 0 Å². The summed E-state index contributed by atoms with van der Waals surface area (Å²) in [7, 11) is 0. The van der Waals surface area contributed by atoms with Crippen LogP contribution in [0.1, 0.15) is 28.3 Å². The van der Waals surface area contributed by atoms with Gasteiger partial charge in [-0.2, -0.15) is 0 Å². The minimum Gasteiger partial charge on any atom is -0.478 e. The minimum atomic E-state index is -0.906. The van der Waals surface area contributed by atoms with Crippen molar-refractivity contribution >= 4 is 27.6 Å². The van der Waals surface area contributed by atoms with Gasteiger partial charge in [-0.3, -0.25) is 0 Å². The van der Waals surface area contributed by atoms with E-state index in [1.807, 2.05) is 24.3 Å². The van der Waals surface area contributed by atoms with Crippen LogP contribution in [-0.4, -0.2) is 17.1 Å². The molecule has 0 bridgehead atoms. The molecule has 2 unspecified atom stereocenters. The summed E-state index contributed by atoms with van der Waals surface area (Å²) in [6.07, 6.45) is 1.04. The number of carbonyl (C=O) groups is 1. The molecule has 0 aliphatic heterocycles. The normalized spacial score (nSPS) is 20.4. The summed E-state index contributed by atoms with van der Waals surface area (Å²) in [5.74, 6) is -0.436. The molecule has 0 radical (unpaired) electrons. The molecular formula is C16H14BrNO2. The van der Waals surface area contributed by atoms with E-state index in [0.29, 0.717) is 23.2 Å². The number of hydrogen-bond acceptors (Lipinski definition) is 2. The molecule has 1 saturated carbocycles. The molecular weight excluding hydrogens is 318 g/mol. The van der Waals surface area contributed by atoms with Crippen LogP contribution >= 0.6 is 15.9 Å². The number of carboxylic acids is 1. The van der Waals surface area contributed by atoms with Gasteiger partial charge in [-0.15, -0.1) is 0 Å². The Hall–Kier alpha value is -1.81. The van der Waals surface area contributed by atoms with Crippen molar-refractivity contribution < 1.29 is 9.90 Å². The predicted molar refractivity (Wildman–Crippen MR) is 82.3 cm³/mol. The highest BCUT2D eigenvalue weighted by atomic mass is 79.9. The molecule has 102 valence electrons. The molecule has 2 atom stereocenters. The first-order valence-corrected chi connectivity index (χ1v) is 7.29. The van der Waals surface area contributed by atoms with Crippen LogP contribution in [0.15, 0.2) is 53.0 Å². The molecule has 0 aromatic heterocycles. The van der Waals surface area contributed by atoms with E-state index in [4.69, 9.17) is 0 Å². The van der Waals surface area contributed by atoms with Crippen molar-refractivity contribution in [2.75, 3.05) is 5.32 Å². The zero-order valence-corrected chi connectivity index (χ0v) is 12.3. The van der Waals surface area contributed by atoms with Crippen molar-refractivity contribution in [1.82, 2.24) is 0 Å². The van der Waals surface area contributed by atoms with Crippen LogP contribution in [0.5, 0.6) is 0 Å². The SMILES string of the molecule is O=C(O)c1ccc(Br)cc1NC1CC1c1ccccc1. The monoisotopic (exact) mass is 331 g/mol. The lowest BCUT2D eigenvalue weighted by Crippen LogP contribution is -2.09. The van der Waals surface area contributed by atoms with E-state index in [-0.39, 0.29) is 0 Å². The van der Waals surface area contributed by atoms with Gasteiger partial charge in [0.2, 0.25) is 0 Å². The fourth-order valence-electron chi connectivity index (χ4n) is 2.45. The summed E-state index contributed by atoms with van der Waals surface area (Å²) in [6, 6.07) is 15.8. The Kier molecular flexibility index (Phi) is 3.49. The van der Waals surface area contributed by atoms with E-state index in [1.165, 1.54) is 5.56 Å². The summed E-state index contributed by atoms with van der Waals surface area (Å²) in [5.41, 5.74) is 2.29. The van der Waals surface area contributed by atoms with Crippen LogP contribution in [0.2, 0.25) is 0 Å². The molecule has 1 fully saturated rings. The fourth-order valence-corrected chi connectivity index (χ4v) is 2.81. The number of benzene rings is 2. The van der Waals surface area contributed by atoms with Gasteiger partial charge < -0.3 is 10.4 Å². The molecule has 2 aromatic carbocycles. The maximum absolute atomic E-state index is 11.2. The predicted octanol–water partition coefficient (Wildman–Crippen LogP) is 4.12. The second-order valence-electron chi connectivity index (χ2n) is 5.00. The second-order valence-corrected chi connectivity index (χ2v) is 5.91. The number of hydrogen-bond donors (Lipinski definition) is 2. The summed E-state index contributed by atoms with van der Waals surface area (Å²) in [4.78, 5) is 11.2. The highest BCUT2D eigenvalue weighted by molar-refractivity contribution is 9.10. The Morgan fingerprint density at radius 3 is 2.65 bits per heavy atom. The van der Waals surface area contributed by atoms with Gasteiger partial charge in [0, 0.05) is 16.4 Å². The van der Waals surface area contributed by atoms with Crippen molar-refractivity contribution in [2.45, 2.75) is 18.4 Å². The lowest BCUT2D eigenvalue weighted by Gasteiger charge is -2.10. The summed E-state index contributed by atoms with van der Waals surface area (Å²) < 4.78 is 0.877. The molecule has 0 spiro atoms. The third-order valence-electron chi connectivity index (χ3n) is 3.57. The molecule has 4 heteroatoms. The first-order chi connectivity index (χ1) is 9.65. The molecule has 0 saturated heterocycles. The first-order valence-electron chi connectivity index (χ1n) is 6.49. The standard InChI is InChI=1S/C16H14BrNO2/c17-11-6-7-12(16(19)20)14(8-11)18-15-9-13(15)10-4-2-1-3-5-10/h1-8,13,15,18H,9H2,(H,19,20). The number of nitrogens with one attached hydrogen (secondary N) is 1. The van der Waals surface area contributed by atoms with Crippen molar-refractivity contribution in [2.24, 2.45) is 0 Å². The lowest BCUT2D eigenvalue weighted by atomic mass is 10.1. The molecule has 3 nitrogen and oxygen atoms in total. The number of halogens is 1. The first kappa shape index (κ1) is 13.2. The second kappa shape index (κ2) is 5.29. The molecule has 0 amide bonds. The van der Waals surface area contributed by atoms with E-state index in [9.17, 15) is 9.90 Å². The Bertz CT molecular complexity index is 642. The van der Waals surface area contributed by atoms with Crippen molar-refractivity contribution in [3.8, 4) is 0 Å². The Labute approximate surface area is 125 Å². The van der Waals surface area contributed by atoms with E-state index in [2.05, 4.69) is 33.4 Å². The van der Waals surface area contributed by atoms with E-state index in [0.717, 1.165) is 10.9 Å². The van der Waals surface area contributed by atoms with Gasteiger partial charge in [-0.05, 0) is 30.2 Å². The van der Waals surface area contributed by atoms with E-state index >= 15 is 0 Å². The number of anilines is 1. The van der Waals surface area contributed by atoms with Crippen LogP contribution in [0.4, 0.5) is 5.69 Å². The summed E-state index contributed by atoms with van der Waals surface area (Å²) >= 11 is 3.38. The van der Waals surface area contributed by atoms with Gasteiger partial charge in [0.15, 0.2) is 0 Å². The van der Waals surface area contributed by atoms with Gasteiger partial charge in [0.1, 0.15) is 0 Å². The summed E-state index contributed by atoms with van der Waals surface area (Å²) in [6.45, 7) is 0. The number of aromatic carboxylic acids is 1. The smallest absolute Gasteiger partial charge is 0.337 e. The molecule has 0 heterocycles. The minimum absolute atomic E-state index is 0.310. The van der Waals surface area contributed by atoms with Crippen LogP contribution in [0, 0.1) is 0 Å². The molecule has 2 aromatic rings. The van der Waals surface area contributed by atoms with Crippen LogP contribution in [0.3, 0.4) is 0 Å². The average Bonchev–Trinajstić information content (AvgIpc) is 3.19. The van der Waals surface area contributed by atoms with Gasteiger partial charge in [0.05, 0.1) is 11.3 Å². The van der Waals surface area contributed by atoms with Gasteiger partial charge in [0.25, 0.3) is 0 Å². The highest BCUT2D eigenvalue weighted by Gasteiger charge is 2.38. The molecule has 3 rings (SSSR count). The highest BCUT2D eigenvalue weighted by Crippen LogP contribution is 2.43. The van der Waals surface area contributed by atoms with Crippen molar-refractivity contribution in [3.63, 3.8) is 0 Å². The zero-order chi connectivity index (χ0) is 14.1. The number of carboxylic acid groups (broad SMARTS) is 1. The lowest BCUT2D eigenvalue weighted by molar-refractivity contribution is 0.0698. The van der Waals surface area contributed by atoms with Crippen molar-refractivity contribution in [3.05, 3.63) is 64.1 Å². The Morgan fingerprint density at radius 2 is 1.95 bits per heavy atom. The maximum Gasteiger partial charge on any atom is 0.337 e. The van der Waals surface area contributed by atoms with Gasteiger partial charge >= 0.3 is 5.97 Å². The zero-order valence-electron chi connectivity index (χ0n) is 10.7. The third-order valence-corrected chi connectivity index (χ3v) is 4.06. The molecule has 1 aliphatic rings. The van der Waals surface area contributed by atoms with Gasteiger partial charge in [-0.25, -0.2) is 4.79 Å². The summed E-state index contributed by atoms with van der Waals surface area (Å²) in [5, 5.41) is 12.6. The van der Waals surface area contributed by atoms with E-state index < -0.39 is 5.97 Å². The van der Waals surface area contributed by atoms with Gasteiger partial charge in [-0.1, -0.05) is 46.3 Å². The van der Waals surface area contributed by atoms with Crippen LogP contribution < -0.4 is 5.32 Å². The van der Waals surface area contributed by atoms with Crippen LogP contribution in [-0.2, 0) is 0 Å². The fraction of sp³-hybridized carbons (Fsp3) is 0.188. The molecule has 20 heavy (non-hydrogen) atoms. The number of rotatable bonds is 4. The average molecular weight is 332 g/mol. The quantitative estimate of drug-likeness (QED) is 0.886. The Balaban J connectivity index is 1.77. The topological polar surface area (TPSA) is 49.3 Å². The molecule has 2 N–H and O–H groups in total. The van der Waals surface area contributed by atoms with Crippen molar-refractivity contribution in [1.29, 1.82) is 0 Å². The van der Waals surface area contributed by atoms with E-state index in [1.54, 1.807) is 12.1 Å². The largest absolute Gasteiger partial charge is 0.478 e. The maximum atomic E-state index is 11.2.